The molecule has 0 aliphatic heterocycles. The first-order valence-electron chi connectivity index (χ1n) is 12.2. The van der Waals surface area contributed by atoms with Gasteiger partial charge in [0, 0.05) is 35.8 Å². The van der Waals surface area contributed by atoms with Gasteiger partial charge in [-0.15, -0.1) is 5.10 Å². The van der Waals surface area contributed by atoms with Crippen molar-refractivity contribution in [3.8, 4) is 17.0 Å². The van der Waals surface area contributed by atoms with Gasteiger partial charge in [0.1, 0.15) is 6.04 Å². The number of likely N-dealkylation sites (N-methyl/N-ethyl adjacent to an activating group) is 1. The Morgan fingerprint density at radius 1 is 1.00 bits per heavy atom. The standard InChI is InChI=1S/C30H26ClN3O6/c1-18(35)23-14-11-21(31)16-24(23)25-17-27(36)34(32-28(25)40-3)26(15-19-7-5-4-6-8-19)29(37)33(2)22-12-9-20(10-13-22)30(38)39/h4-14,16-17,26H,15H2,1-3H3,(H,38,39). The van der Waals surface area contributed by atoms with Crippen LogP contribution in [0, 0.1) is 0 Å². The summed E-state index contributed by atoms with van der Waals surface area (Å²) in [6, 6.07) is 19.9. The van der Waals surface area contributed by atoms with Gasteiger partial charge >= 0.3 is 5.97 Å². The number of aromatic nitrogens is 2. The molecule has 1 heterocycles. The lowest BCUT2D eigenvalue weighted by atomic mass is 9.98. The third-order valence-corrected chi connectivity index (χ3v) is 6.69. The molecule has 4 rings (SSSR count). The van der Waals surface area contributed by atoms with Crippen molar-refractivity contribution in [2.24, 2.45) is 0 Å². The number of carbonyl (C=O) groups excluding carboxylic acids is 2. The monoisotopic (exact) mass is 559 g/mol. The summed E-state index contributed by atoms with van der Waals surface area (Å²) < 4.78 is 6.59. The van der Waals surface area contributed by atoms with Crippen LogP contribution in [0.5, 0.6) is 5.88 Å². The summed E-state index contributed by atoms with van der Waals surface area (Å²) in [5, 5.41) is 14.0. The van der Waals surface area contributed by atoms with E-state index in [1.165, 1.54) is 56.3 Å². The fraction of sp³-hybridized carbons (Fsp3) is 0.167. The quantitative estimate of drug-likeness (QED) is 0.289. The maximum atomic E-state index is 13.9. The van der Waals surface area contributed by atoms with E-state index in [4.69, 9.17) is 16.3 Å². The SMILES string of the molecule is COc1nn(C(Cc2ccccc2)C(=O)N(C)c2ccc(C(=O)O)cc2)c(=O)cc1-c1cc(Cl)ccc1C(C)=O. The molecule has 9 nitrogen and oxygen atoms in total. The molecule has 0 saturated heterocycles. The van der Waals surface area contributed by atoms with Gasteiger partial charge in [0.25, 0.3) is 11.5 Å². The highest BCUT2D eigenvalue weighted by atomic mass is 35.5. The van der Waals surface area contributed by atoms with Gasteiger partial charge in [-0.25, -0.2) is 9.48 Å². The Bertz CT molecular complexity index is 1630. The minimum absolute atomic E-state index is 0.0312. The topological polar surface area (TPSA) is 119 Å². The van der Waals surface area contributed by atoms with Crippen molar-refractivity contribution in [2.75, 3.05) is 19.1 Å². The summed E-state index contributed by atoms with van der Waals surface area (Å²) in [4.78, 5) is 52.3. The van der Waals surface area contributed by atoms with Crippen LogP contribution in [0.2, 0.25) is 5.02 Å². The first-order chi connectivity index (χ1) is 19.1. The third-order valence-electron chi connectivity index (χ3n) is 6.45. The average molecular weight is 560 g/mol. The number of halogens is 1. The van der Waals surface area contributed by atoms with E-state index < -0.39 is 23.5 Å². The number of hydrogen-bond donors (Lipinski definition) is 1. The zero-order valence-corrected chi connectivity index (χ0v) is 22.8. The molecule has 0 saturated carbocycles. The van der Waals surface area contributed by atoms with E-state index in [-0.39, 0.29) is 29.2 Å². The van der Waals surface area contributed by atoms with Gasteiger partial charge < -0.3 is 14.7 Å². The van der Waals surface area contributed by atoms with Gasteiger partial charge in [-0.1, -0.05) is 41.9 Å². The highest BCUT2D eigenvalue weighted by Gasteiger charge is 2.29. The van der Waals surface area contributed by atoms with Gasteiger partial charge in [0.2, 0.25) is 5.88 Å². The number of rotatable bonds is 9. The number of methoxy groups -OCH3 is 1. The molecule has 204 valence electrons. The van der Waals surface area contributed by atoms with E-state index in [2.05, 4.69) is 5.10 Å². The molecule has 3 aromatic carbocycles. The number of ether oxygens (including phenoxy) is 1. The lowest BCUT2D eigenvalue weighted by molar-refractivity contribution is -0.121. The average Bonchev–Trinajstić information content (AvgIpc) is 2.95. The number of carboxylic acids is 1. The van der Waals surface area contributed by atoms with Crippen molar-refractivity contribution in [3.05, 3.63) is 111 Å². The maximum absolute atomic E-state index is 13.9. The summed E-state index contributed by atoms with van der Waals surface area (Å²) in [5.74, 6) is -1.74. The van der Waals surface area contributed by atoms with Gasteiger partial charge in [0.05, 0.1) is 18.2 Å². The van der Waals surface area contributed by atoms with Crippen LogP contribution in [0.25, 0.3) is 11.1 Å². The van der Waals surface area contributed by atoms with Crippen LogP contribution in [-0.2, 0) is 11.2 Å². The van der Waals surface area contributed by atoms with Crippen LogP contribution < -0.4 is 15.2 Å². The minimum atomic E-state index is -1.09. The molecule has 0 fully saturated rings. The normalized spacial score (nSPS) is 11.5. The van der Waals surface area contributed by atoms with Crippen LogP contribution in [-0.4, -0.2) is 46.7 Å². The summed E-state index contributed by atoms with van der Waals surface area (Å²) in [6.07, 6.45) is 0.141. The zero-order valence-electron chi connectivity index (χ0n) is 22.0. The third kappa shape index (κ3) is 5.94. The van der Waals surface area contributed by atoms with Gasteiger partial charge in [-0.3, -0.25) is 14.4 Å². The first-order valence-corrected chi connectivity index (χ1v) is 12.6. The maximum Gasteiger partial charge on any atom is 0.335 e. The Morgan fingerprint density at radius 2 is 1.68 bits per heavy atom. The van der Waals surface area contributed by atoms with Crippen LogP contribution in [0.15, 0.2) is 83.7 Å². The van der Waals surface area contributed by atoms with Gasteiger partial charge in [-0.2, -0.15) is 0 Å². The number of nitrogens with zero attached hydrogens (tertiary/aromatic N) is 3. The summed E-state index contributed by atoms with van der Waals surface area (Å²) in [6.45, 7) is 1.40. The van der Waals surface area contributed by atoms with Crippen molar-refractivity contribution < 1.29 is 24.2 Å². The Labute approximate surface area is 235 Å². The Morgan fingerprint density at radius 3 is 2.27 bits per heavy atom. The molecule has 1 unspecified atom stereocenters. The second kappa shape index (κ2) is 12.0. The molecule has 0 spiro atoms. The van der Waals surface area contributed by atoms with E-state index >= 15 is 0 Å². The number of benzene rings is 3. The van der Waals surface area contributed by atoms with Crippen LogP contribution in [0.4, 0.5) is 5.69 Å². The summed E-state index contributed by atoms with van der Waals surface area (Å²) in [7, 11) is 2.92. The highest BCUT2D eigenvalue weighted by molar-refractivity contribution is 6.31. The van der Waals surface area contributed by atoms with Crippen molar-refractivity contribution in [1.82, 2.24) is 9.78 Å². The molecule has 1 atom stereocenters. The molecule has 40 heavy (non-hydrogen) atoms. The Kier molecular flexibility index (Phi) is 8.45. The van der Waals surface area contributed by atoms with E-state index in [0.29, 0.717) is 21.8 Å². The number of Topliss-reactive ketones (excluding diaryl/α,β-unsaturated/α-hetero) is 1. The lowest BCUT2D eigenvalue weighted by Crippen LogP contribution is -2.40. The zero-order chi connectivity index (χ0) is 29.0. The molecular formula is C30H26ClN3O6. The lowest BCUT2D eigenvalue weighted by Gasteiger charge is -2.25. The summed E-state index contributed by atoms with van der Waals surface area (Å²) >= 11 is 6.20. The fourth-order valence-electron chi connectivity index (χ4n) is 4.36. The molecule has 0 aliphatic carbocycles. The fourth-order valence-corrected chi connectivity index (χ4v) is 4.53. The van der Waals surface area contributed by atoms with E-state index in [1.807, 2.05) is 30.3 Å². The Hall–Kier alpha value is -4.76. The molecule has 0 radical (unpaired) electrons. The number of carbonyl (C=O) groups is 3. The van der Waals surface area contributed by atoms with E-state index in [0.717, 1.165) is 10.2 Å². The molecule has 10 heteroatoms. The second-order valence-electron chi connectivity index (χ2n) is 9.05. The molecule has 1 N–H and O–H groups in total. The number of carboxylic acid groups (broad SMARTS) is 1. The molecular weight excluding hydrogens is 534 g/mol. The predicted octanol–water partition coefficient (Wildman–Crippen LogP) is 4.92. The minimum Gasteiger partial charge on any atom is -0.480 e. The van der Waals surface area contributed by atoms with Gasteiger partial charge in [0.15, 0.2) is 5.78 Å². The van der Waals surface area contributed by atoms with E-state index in [1.54, 1.807) is 18.2 Å². The second-order valence-corrected chi connectivity index (χ2v) is 9.49. The Balaban J connectivity index is 1.83. The number of anilines is 1. The molecule has 1 amide bonds. The van der Waals surface area contributed by atoms with Crippen molar-refractivity contribution in [3.63, 3.8) is 0 Å². The first kappa shape index (κ1) is 28.3. The van der Waals surface area contributed by atoms with Crippen LogP contribution in [0.3, 0.4) is 0 Å². The van der Waals surface area contributed by atoms with E-state index in [9.17, 15) is 24.3 Å². The molecule has 0 bridgehead atoms. The molecule has 4 aromatic rings. The van der Waals surface area contributed by atoms with Crippen molar-refractivity contribution in [1.29, 1.82) is 0 Å². The number of amides is 1. The smallest absolute Gasteiger partial charge is 0.335 e. The number of aromatic carboxylic acids is 1. The van der Waals surface area contributed by atoms with Crippen molar-refractivity contribution >= 4 is 34.9 Å². The largest absolute Gasteiger partial charge is 0.480 e. The predicted molar refractivity (Wildman–Crippen MR) is 151 cm³/mol. The van der Waals surface area contributed by atoms with Gasteiger partial charge in [-0.05, 0) is 60.5 Å². The van der Waals surface area contributed by atoms with Crippen molar-refractivity contribution in [2.45, 2.75) is 19.4 Å². The van der Waals surface area contributed by atoms with Crippen LogP contribution in [0.1, 0.15) is 39.2 Å². The molecule has 0 aliphatic rings. The molecule has 1 aromatic heterocycles. The number of ketones is 1. The highest BCUT2D eigenvalue weighted by Crippen LogP contribution is 2.33. The van der Waals surface area contributed by atoms with Crippen LogP contribution >= 0.6 is 11.6 Å². The number of hydrogen-bond acceptors (Lipinski definition) is 6. The summed E-state index contributed by atoms with van der Waals surface area (Å²) in [5.41, 5.74) is 1.71.